The first-order valence-corrected chi connectivity index (χ1v) is 6.69. The summed E-state index contributed by atoms with van der Waals surface area (Å²) in [6.45, 7) is 0.519. The molecule has 1 heterocycles. The number of carbonyl (C=O) groups is 1. The predicted octanol–water partition coefficient (Wildman–Crippen LogP) is -1.80. The molecule has 118 valence electrons. The highest BCUT2D eigenvalue weighted by Crippen LogP contribution is 2.26. The first-order valence-electron chi connectivity index (χ1n) is 6.69. The lowest BCUT2D eigenvalue weighted by atomic mass is 10.1. The van der Waals surface area contributed by atoms with Crippen LogP contribution in [0.15, 0.2) is 42.7 Å². The summed E-state index contributed by atoms with van der Waals surface area (Å²) >= 11 is 0. The van der Waals surface area contributed by atoms with Gasteiger partial charge in [-0.05, 0) is 30.2 Å². The van der Waals surface area contributed by atoms with Crippen LogP contribution in [0.5, 0.6) is 11.5 Å². The Hall–Kier alpha value is -1.83. The first kappa shape index (κ1) is 18.2. The number of methoxy groups -OCH3 is 1. The molecule has 0 radical (unpaired) electrons. The Labute approximate surface area is 147 Å². The van der Waals surface area contributed by atoms with Crippen molar-refractivity contribution >= 4 is 5.91 Å². The van der Waals surface area contributed by atoms with Gasteiger partial charge >= 0.3 is 0 Å². The number of benzene rings is 1. The summed E-state index contributed by atoms with van der Waals surface area (Å²) in [5, 5.41) is 12.4. The summed E-state index contributed by atoms with van der Waals surface area (Å²) in [5.74, 6) is 0.452. The zero-order valence-electron chi connectivity index (χ0n) is 12.5. The van der Waals surface area contributed by atoms with Crippen molar-refractivity contribution in [1.82, 2.24) is 5.32 Å². The van der Waals surface area contributed by atoms with Gasteiger partial charge in [-0.15, -0.1) is 0 Å². The maximum atomic E-state index is 12.0. The van der Waals surface area contributed by atoms with E-state index < -0.39 is 0 Å². The van der Waals surface area contributed by atoms with Crippen molar-refractivity contribution in [2.45, 2.75) is 6.42 Å². The van der Waals surface area contributed by atoms with E-state index in [1.165, 1.54) is 7.11 Å². The maximum absolute atomic E-state index is 12.0. The summed E-state index contributed by atoms with van der Waals surface area (Å²) in [4.78, 5) is 12.0. The molecule has 0 aliphatic carbocycles. The van der Waals surface area contributed by atoms with Gasteiger partial charge in [0, 0.05) is 12.6 Å². The number of nitrogens with zero attached hydrogens (tertiary/aromatic N) is 1. The number of aryl methyl sites for hydroxylation is 1. The number of aromatic nitrogens is 1. The van der Waals surface area contributed by atoms with E-state index in [1.54, 1.807) is 24.4 Å². The lowest BCUT2D eigenvalue weighted by molar-refractivity contribution is -0.671. The van der Waals surface area contributed by atoms with E-state index in [9.17, 15) is 9.90 Å². The number of carbonyl (C=O) groups excluding carboxylic acids is 1. The number of phenolic OH excluding ortho intramolecular Hbond substituents is 1. The van der Waals surface area contributed by atoms with Gasteiger partial charge in [-0.1, -0.05) is 6.07 Å². The molecule has 0 fully saturated rings. The number of nitrogens with one attached hydrogen (secondary N) is 1. The van der Waals surface area contributed by atoms with Gasteiger partial charge in [0.1, 0.15) is 12.6 Å². The molecule has 6 heteroatoms. The van der Waals surface area contributed by atoms with Crippen LogP contribution in [0.3, 0.4) is 0 Å². The average Bonchev–Trinajstić information content (AvgIpc) is 2.48. The second-order valence-corrected chi connectivity index (χ2v) is 4.77. The van der Waals surface area contributed by atoms with E-state index in [4.69, 9.17) is 4.74 Å². The smallest absolute Gasteiger partial charge is 0.257 e. The van der Waals surface area contributed by atoms with Crippen LogP contribution in [-0.2, 0) is 13.5 Å². The number of aromatic hydroxyl groups is 1. The number of halogens is 1. The fourth-order valence-electron chi connectivity index (χ4n) is 2.02. The van der Waals surface area contributed by atoms with Gasteiger partial charge in [-0.3, -0.25) is 4.79 Å². The number of hydrogen-bond donors (Lipinski definition) is 2. The number of pyridine rings is 1. The third kappa shape index (κ3) is 4.87. The van der Waals surface area contributed by atoms with Crippen LogP contribution in [0.1, 0.15) is 15.9 Å². The fraction of sp³-hybridized carbons (Fsp3) is 0.250. The minimum atomic E-state index is -0.100. The third-order valence-electron chi connectivity index (χ3n) is 3.15. The molecule has 0 aliphatic heterocycles. The van der Waals surface area contributed by atoms with Gasteiger partial charge in [-0.25, -0.2) is 4.57 Å². The normalized spacial score (nSPS) is 9.73. The topological polar surface area (TPSA) is 62.4 Å². The SMILES string of the molecule is COc1cc(CCNC(=O)c2ccc[n+](C)c2)ccc1O.[I-]. The van der Waals surface area contributed by atoms with Crippen LogP contribution >= 0.6 is 0 Å². The second-order valence-electron chi connectivity index (χ2n) is 4.77. The summed E-state index contributed by atoms with van der Waals surface area (Å²) in [5.41, 5.74) is 1.62. The average molecular weight is 414 g/mol. The zero-order chi connectivity index (χ0) is 15.2. The Morgan fingerprint density at radius 1 is 1.36 bits per heavy atom. The molecule has 5 nitrogen and oxygen atoms in total. The molecular formula is C16H19IN2O3. The van der Waals surface area contributed by atoms with Crippen molar-refractivity contribution in [3.8, 4) is 11.5 Å². The van der Waals surface area contributed by atoms with Crippen LogP contribution in [0.25, 0.3) is 0 Å². The summed E-state index contributed by atoms with van der Waals surface area (Å²) < 4.78 is 6.89. The molecule has 0 unspecified atom stereocenters. The van der Waals surface area contributed by atoms with Crippen LogP contribution in [-0.4, -0.2) is 24.7 Å². The molecule has 0 spiro atoms. The molecule has 22 heavy (non-hydrogen) atoms. The van der Waals surface area contributed by atoms with Crippen molar-refractivity contribution in [2.75, 3.05) is 13.7 Å². The highest BCUT2D eigenvalue weighted by molar-refractivity contribution is 5.93. The van der Waals surface area contributed by atoms with E-state index in [2.05, 4.69) is 5.32 Å². The van der Waals surface area contributed by atoms with Gasteiger partial charge in [-0.2, -0.15) is 0 Å². The van der Waals surface area contributed by atoms with Crippen molar-refractivity contribution in [2.24, 2.45) is 7.05 Å². The quantitative estimate of drug-likeness (QED) is 0.449. The Morgan fingerprint density at radius 3 is 2.82 bits per heavy atom. The second kappa shape index (κ2) is 8.57. The summed E-state index contributed by atoms with van der Waals surface area (Å²) in [7, 11) is 3.38. The maximum Gasteiger partial charge on any atom is 0.257 e. The van der Waals surface area contributed by atoms with Gasteiger partial charge in [0.15, 0.2) is 23.9 Å². The number of ether oxygens (including phenoxy) is 1. The molecule has 0 atom stereocenters. The Kier molecular flexibility index (Phi) is 7.10. The summed E-state index contributed by atoms with van der Waals surface area (Å²) in [6.07, 6.45) is 4.32. The van der Waals surface area contributed by atoms with Crippen LogP contribution in [0.2, 0.25) is 0 Å². The first-order chi connectivity index (χ1) is 10.1. The zero-order valence-corrected chi connectivity index (χ0v) is 14.7. The van der Waals surface area contributed by atoms with E-state index in [0.717, 1.165) is 5.56 Å². The van der Waals surface area contributed by atoms with Crippen molar-refractivity contribution in [3.05, 3.63) is 53.9 Å². The minimum absolute atomic E-state index is 0. The van der Waals surface area contributed by atoms with Crippen molar-refractivity contribution in [3.63, 3.8) is 0 Å². The molecule has 0 saturated carbocycles. The molecular weight excluding hydrogens is 395 g/mol. The standard InChI is InChI=1S/C16H18N2O3.HI/c1-18-9-3-4-13(11-18)16(20)17-8-7-12-5-6-14(19)15(10-12)21-2;/h3-6,9-11H,7-8H2,1-2H3,(H-,17,19,20);1H. The van der Waals surface area contributed by atoms with Gasteiger partial charge < -0.3 is 39.1 Å². The Balaban J connectivity index is 0.00000242. The Morgan fingerprint density at radius 2 is 2.14 bits per heavy atom. The van der Waals surface area contributed by atoms with E-state index in [1.807, 2.05) is 29.9 Å². The lowest BCUT2D eigenvalue weighted by Crippen LogP contribution is -3.00. The molecule has 2 rings (SSSR count). The van der Waals surface area contributed by atoms with Gasteiger partial charge in [0.25, 0.3) is 5.91 Å². The van der Waals surface area contributed by atoms with Gasteiger partial charge in [0.2, 0.25) is 0 Å². The highest BCUT2D eigenvalue weighted by Gasteiger charge is 2.08. The van der Waals surface area contributed by atoms with Crippen LogP contribution < -0.4 is 38.6 Å². The number of rotatable bonds is 5. The molecule has 0 saturated heterocycles. The van der Waals surface area contributed by atoms with Crippen LogP contribution in [0, 0.1) is 0 Å². The molecule has 0 bridgehead atoms. The Bertz CT molecular complexity index is 647. The molecule has 1 aromatic carbocycles. The molecule has 0 aliphatic rings. The molecule has 1 amide bonds. The van der Waals surface area contributed by atoms with Crippen molar-refractivity contribution in [1.29, 1.82) is 0 Å². The molecule has 2 N–H and O–H groups in total. The number of hydrogen-bond acceptors (Lipinski definition) is 3. The van der Waals surface area contributed by atoms with E-state index in [-0.39, 0.29) is 35.6 Å². The largest absolute Gasteiger partial charge is 1.00 e. The predicted molar refractivity (Wildman–Crippen MR) is 78.3 cm³/mol. The lowest BCUT2D eigenvalue weighted by Gasteiger charge is -2.07. The minimum Gasteiger partial charge on any atom is -1.00 e. The van der Waals surface area contributed by atoms with E-state index >= 15 is 0 Å². The third-order valence-corrected chi connectivity index (χ3v) is 3.15. The fourth-order valence-corrected chi connectivity index (χ4v) is 2.02. The van der Waals surface area contributed by atoms with Crippen molar-refractivity contribution < 1.29 is 43.2 Å². The molecule has 2 aromatic rings. The monoisotopic (exact) mass is 414 g/mol. The van der Waals surface area contributed by atoms with Gasteiger partial charge in [0.05, 0.1) is 7.11 Å². The van der Waals surface area contributed by atoms with Crippen LogP contribution in [0.4, 0.5) is 0 Å². The number of phenols is 1. The number of amides is 1. The highest BCUT2D eigenvalue weighted by atomic mass is 127. The van der Waals surface area contributed by atoms with E-state index in [0.29, 0.717) is 24.3 Å². The summed E-state index contributed by atoms with van der Waals surface area (Å²) in [6, 6.07) is 8.78. The molecule has 1 aromatic heterocycles.